The number of hydrogen-bond donors (Lipinski definition) is 1. The average Bonchev–Trinajstić information content (AvgIpc) is 1.56. The topological polar surface area (TPSA) is 26.0 Å². The van der Waals surface area contributed by atoms with Crippen molar-refractivity contribution in [3.05, 3.63) is 0 Å². The summed E-state index contributed by atoms with van der Waals surface area (Å²) in [7, 11) is 0. The fourth-order valence-electron chi connectivity index (χ4n) is 1.03. The Morgan fingerprint density at radius 2 is 2.10 bits per heavy atom. The molecule has 1 aliphatic heterocycles. The van der Waals surface area contributed by atoms with Gasteiger partial charge in [0.2, 0.25) is 0 Å². The number of thioether (sulfide) groups is 1. The second-order valence-corrected chi connectivity index (χ2v) is 5.01. The molecule has 0 atom stereocenters. The van der Waals surface area contributed by atoms with Crippen molar-refractivity contribution in [2.45, 2.75) is 32.2 Å². The molecule has 1 aliphatic rings. The molecule has 0 aromatic carbocycles. The zero-order valence-corrected chi connectivity index (χ0v) is 7.71. The molecule has 1 saturated heterocycles. The molecule has 0 saturated carbocycles. The molecule has 0 aromatic heterocycles. The minimum absolute atomic E-state index is 0.0558. The second kappa shape index (κ2) is 3.14. The van der Waals surface area contributed by atoms with Gasteiger partial charge in [-0.2, -0.15) is 11.8 Å². The van der Waals surface area contributed by atoms with E-state index in [0.29, 0.717) is 0 Å². The molecule has 0 unspecified atom stereocenters. The maximum absolute atomic E-state index is 5.86. The zero-order valence-electron chi connectivity index (χ0n) is 6.89. The van der Waals surface area contributed by atoms with E-state index in [1.54, 1.807) is 0 Å². The molecule has 10 heavy (non-hydrogen) atoms. The lowest BCUT2D eigenvalue weighted by molar-refractivity contribution is 0.413. The monoisotopic (exact) mass is 159 g/mol. The maximum atomic E-state index is 5.86. The molecule has 1 rings (SSSR count). The van der Waals surface area contributed by atoms with E-state index in [1.807, 2.05) is 0 Å². The second-order valence-electron chi connectivity index (χ2n) is 3.93. The van der Waals surface area contributed by atoms with Crippen LogP contribution >= 0.6 is 11.8 Å². The Balaban J connectivity index is 2.04. The summed E-state index contributed by atoms with van der Waals surface area (Å²) in [6.45, 7) is 4.22. The first kappa shape index (κ1) is 8.41. The standard InChI is InChI=1S/C8H17NS/c1-8(2,9)4-3-7-5-10-6-7/h7H,3-6,9H2,1-2H3. The van der Waals surface area contributed by atoms with Crippen molar-refractivity contribution in [3.63, 3.8) is 0 Å². The van der Waals surface area contributed by atoms with Crippen LogP contribution in [0.25, 0.3) is 0 Å². The zero-order chi connectivity index (χ0) is 7.61. The number of nitrogens with two attached hydrogens (primary N) is 1. The summed E-state index contributed by atoms with van der Waals surface area (Å²) in [6, 6.07) is 0. The molecule has 0 bridgehead atoms. The van der Waals surface area contributed by atoms with Crippen LogP contribution in [0, 0.1) is 5.92 Å². The summed E-state index contributed by atoms with van der Waals surface area (Å²) in [5.74, 6) is 3.72. The van der Waals surface area contributed by atoms with Gasteiger partial charge in [0.25, 0.3) is 0 Å². The van der Waals surface area contributed by atoms with Gasteiger partial charge in [-0.3, -0.25) is 0 Å². The Morgan fingerprint density at radius 3 is 2.40 bits per heavy atom. The van der Waals surface area contributed by atoms with Gasteiger partial charge in [0, 0.05) is 5.54 Å². The molecule has 1 heterocycles. The lowest BCUT2D eigenvalue weighted by Crippen LogP contribution is -2.33. The lowest BCUT2D eigenvalue weighted by atomic mass is 9.95. The van der Waals surface area contributed by atoms with E-state index < -0.39 is 0 Å². The molecule has 0 aliphatic carbocycles. The Bertz CT molecular complexity index is 102. The van der Waals surface area contributed by atoms with Gasteiger partial charge >= 0.3 is 0 Å². The third kappa shape index (κ3) is 2.93. The molecular weight excluding hydrogens is 142 g/mol. The molecule has 2 heteroatoms. The van der Waals surface area contributed by atoms with Gasteiger partial charge < -0.3 is 5.73 Å². The van der Waals surface area contributed by atoms with Crippen LogP contribution in [0.4, 0.5) is 0 Å². The quantitative estimate of drug-likeness (QED) is 0.680. The Hall–Kier alpha value is 0.310. The van der Waals surface area contributed by atoms with E-state index in [2.05, 4.69) is 25.6 Å². The van der Waals surface area contributed by atoms with Crippen LogP contribution in [0.5, 0.6) is 0 Å². The minimum atomic E-state index is 0.0558. The highest BCUT2D eigenvalue weighted by Gasteiger charge is 2.20. The fourth-order valence-corrected chi connectivity index (χ4v) is 1.93. The normalized spacial score (nSPS) is 20.7. The third-order valence-electron chi connectivity index (χ3n) is 1.90. The van der Waals surface area contributed by atoms with Crippen molar-refractivity contribution in [2.24, 2.45) is 11.7 Å². The molecular formula is C8H17NS. The van der Waals surface area contributed by atoms with Gasteiger partial charge in [-0.15, -0.1) is 0 Å². The Kier molecular flexibility index (Phi) is 2.64. The van der Waals surface area contributed by atoms with E-state index >= 15 is 0 Å². The first-order chi connectivity index (χ1) is 4.58. The van der Waals surface area contributed by atoms with Crippen molar-refractivity contribution in [2.75, 3.05) is 11.5 Å². The van der Waals surface area contributed by atoms with Crippen molar-refractivity contribution in [1.82, 2.24) is 0 Å². The first-order valence-corrected chi connectivity index (χ1v) is 5.10. The first-order valence-electron chi connectivity index (χ1n) is 3.94. The van der Waals surface area contributed by atoms with Crippen LogP contribution in [0.15, 0.2) is 0 Å². The largest absolute Gasteiger partial charge is 0.326 e. The Morgan fingerprint density at radius 1 is 1.50 bits per heavy atom. The van der Waals surface area contributed by atoms with Gasteiger partial charge in [-0.25, -0.2) is 0 Å². The smallest absolute Gasteiger partial charge is 0.00971 e. The molecule has 0 spiro atoms. The van der Waals surface area contributed by atoms with Crippen molar-refractivity contribution < 1.29 is 0 Å². The molecule has 60 valence electrons. The molecule has 1 fully saturated rings. The predicted molar refractivity (Wildman–Crippen MR) is 48.3 cm³/mol. The van der Waals surface area contributed by atoms with Crippen LogP contribution in [0.2, 0.25) is 0 Å². The van der Waals surface area contributed by atoms with Crippen molar-refractivity contribution in [1.29, 1.82) is 0 Å². The van der Waals surface area contributed by atoms with E-state index in [9.17, 15) is 0 Å². The molecule has 0 amide bonds. The van der Waals surface area contributed by atoms with Crippen LogP contribution in [0.3, 0.4) is 0 Å². The van der Waals surface area contributed by atoms with Gasteiger partial charge in [0.15, 0.2) is 0 Å². The SMILES string of the molecule is CC(C)(N)CCC1CSC1. The summed E-state index contributed by atoms with van der Waals surface area (Å²) in [5.41, 5.74) is 5.91. The third-order valence-corrected chi connectivity index (χ3v) is 3.32. The van der Waals surface area contributed by atoms with E-state index in [4.69, 9.17) is 5.73 Å². The molecule has 2 N–H and O–H groups in total. The van der Waals surface area contributed by atoms with Crippen LogP contribution < -0.4 is 5.73 Å². The van der Waals surface area contributed by atoms with Gasteiger partial charge in [-0.05, 0) is 44.1 Å². The van der Waals surface area contributed by atoms with E-state index in [-0.39, 0.29) is 5.54 Å². The summed E-state index contributed by atoms with van der Waals surface area (Å²) in [6.07, 6.45) is 2.51. The van der Waals surface area contributed by atoms with Gasteiger partial charge in [0.05, 0.1) is 0 Å². The lowest BCUT2D eigenvalue weighted by Gasteiger charge is -2.28. The molecule has 0 aromatic rings. The number of rotatable bonds is 3. The number of hydrogen-bond acceptors (Lipinski definition) is 2. The molecule has 1 nitrogen and oxygen atoms in total. The van der Waals surface area contributed by atoms with Gasteiger partial charge in [-0.1, -0.05) is 0 Å². The summed E-state index contributed by atoms with van der Waals surface area (Å²) in [5, 5.41) is 0. The van der Waals surface area contributed by atoms with Crippen LogP contribution in [-0.2, 0) is 0 Å². The summed E-state index contributed by atoms with van der Waals surface area (Å²) < 4.78 is 0. The predicted octanol–water partition coefficient (Wildman–Crippen LogP) is 1.87. The van der Waals surface area contributed by atoms with E-state index in [0.717, 1.165) is 5.92 Å². The average molecular weight is 159 g/mol. The highest BCUT2D eigenvalue weighted by Crippen LogP contribution is 2.29. The highest BCUT2D eigenvalue weighted by molar-refractivity contribution is 8.00. The van der Waals surface area contributed by atoms with Crippen LogP contribution in [0.1, 0.15) is 26.7 Å². The summed E-state index contributed by atoms with van der Waals surface area (Å²) in [4.78, 5) is 0. The highest BCUT2D eigenvalue weighted by atomic mass is 32.2. The minimum Gasteiger partial charge on any atom is -0.326 e. The van der Waals surface area contributed by atoms with Crippen molar-refractivity contribution in [3.8, 4) is 0 Å². The fraction of sp³-hybridized carbons (Fsp3) is 1.00. The van der Waals surface area contributed by atoms with Crippen LogP contribution in [-0.4, -0.2) is 17.0 Å². The molecule has 0 radical (unpaired) electrons. The van der Waals surface area contributed by atoms with Crippen molar-refractivity contribution >= 4 is 11.8 Å². The Labute approximate surface area is 67.8 Å². The van der Waals surface area contributed by atoms with E-state index in [1.165, 1.54) is 24.3 Å². The summed E-state index contributed by atoms with van der Waals surface area (Å²) >= 11 is 2.05. The maximum Gasteiger partial charge on any atom is 0.00971 e. The van der Waals surface area contributed by atoms with Gasteiger partial charge in [0.1, 0.15) is 0 Å².